The molecule has 0 aliphatic heterocycles. The summed E-state index contributed by atoms with van der Waals surface area (Å²) >= 11 is 0. The molecule has 0 amide bonds. The van der Waals surface area contributed by atoms with Crippen LogP contribution in [0.15, 0.2) is 23.3 Å². The van der Waals surface area contributed by atoms with Gasteiger partial charge >= 0.3 is 5.97 Å². The molecule has 0 radical (unpaired) electrons. The van der Waals surface area contributed by atoms with Gasteiger partial charge in [0, 0.05) is 11.8 Å². The summed E-state index contributed by atoms with van der Waals surface area (Å²) in [7, 11) is 0. The maximum atomic E-state index is 12.8. The first-order valence-electron chi connectivity index (χ1n) is 13.4. The molecule has 4 rings (SSSR count). The molecule has 3 heteroatoms. The number of aliphatic carboxylic acids is 1. The lowest BCUT2D eigenvalue weighted by atomic mass is 9.41. The Morgan fingerprint density at radius 2 is 1.82 bits per heavy atom. The van der Waals surface area contributed by atoms with Crippen molar-refractivity contribution in [1.29, 1.82) is 0 Å². The second-order valence-electron chi connectivity index (χ2n) is 13.4. The van der Waals surface area contributed by atoms with Gasteiger partial charge in [-0.1, -0.05) is 57.9 Å². The average Bonchev–Trinajstić information content (AvgIpc) is 3.00. The predicted octanol–water partition coefficient (Wildman–Crippen LogP) is 7.61. The number of fused-ring (bicyclic) bond motifs is 5. The fraction of sp³-hybridized carbons (Fsp3) is 0.800. The Balaban J connectivity index is 1.67. The van der Waals surface area contributed by atoms with Crippen LogP contribution in [0.25, 0.3) is 0 Å². The number of Topliss-reactive ketones (excluding diaryl/α,β-unsaturated/α-hetero) is 1. The summed E-state index contributed by atoms with van der Waals surface area (Å²) in [6.07, 6.45) is 13.4. The Hall–Kier alpha value is -1.38. The van der Waals surface area contributed by atoms with Crippen LogP contribution in [0.5, 0.6) is 0 Å². The molecule has 0 heterocycles. The quantitative estimate of drug-likeness (QED) is 0.435. The van der Waals surface area contributed by atoms with Gasteiger partial charge < -0.3 is 5.11 Å². The van der Waals surface area contributed by atoms with Crippen LogP contribution in [0, 0.1) is 45.3 Å². The van der Waals surface area contributed by atoms with E-state index in [4.69, 9.17) is 0 Å². The van der Waals surface area contributed by atoms with E-state index in [1.165, 1.54) is 5.57 Å². The molecule has 0 aromatic carbocycles. The maximum absolute atomic E-state index is 12.8. The van der Waals surface area contributed by atoms with Crippen molar-refractivity contribution in [1.82, 2.24) is 0 Å². The van der Waals surface area contributed by atoms with E-state index < -0.39 is 5.97 Å². The second kappa shape index (κ2) is 8.09. The third-order valence-electron chi connectivity index (χ3n) is 11.5. The van der Waals surface area contributed by atoms with Crippen LogP contribution in [0.4, 0.5) is 0 Å². The third-order valence-corrected chi connectivity index (χ3v) is 11.5. The van der Waals surface area contributed by atoms with Crippen molar-refractivity contribution in [3.05, 3.63) is 23.3 Å². The molecule has 4 aliphatic carbocycles. The normalized spacial score (nSPS) is 42.5. The molecular weight excluding hydrogens is 408 g/mol. The van der Waals surface area contributed by atoms with Crippen LogP contribution < -0.4 is 0 Å². The maximum Gasteiger partial charge on any atom is 0.306 e. The summed E-state index contributed by atoms with van der Waals surface area (Å²) < 4.78 is 0. The molecule has 0 spiro atoms. The lowest BCUT2D eigenvalue weighted by Crippen LogP contribution is -2.57. The molecule has 0 aromatic heterocycles. The number of ketones is 1. The Morgan fingerprint density at radius 1 is 1.12 bits per heavy atom. The largest absolute Gasteiger partial charge is 0.481 e. The molecule has 1 unspecified atom stereocenters. The molecule has 3 saturated carbocycles. The summed E-state index contributed by atoms with van der Waals surface area (Å²) in [6, 6.07) is 0. The molecule has 4 aliphatic rings. The summed E-state index contributed by atoms with van der Waals surface area (Å²) in [6.45, 7) is 15.9. The zero-order chi connectivity index (χ0) is 24.4. The molecule has 0 saturated heterocycles. The van der Waals surface area contributed by atoms with Crippen LogP contribution in [-0.2, 0) is 9.59 Å². The number of rotatable bonds is 5. The van der Waals surface area contributed by atoms with E-state index in [-0.39, 0.29) is 33.5 Å². The Morgan fingerprint density at radius 3 is 2.45 bits per heavy atom. The second-order valence-corrected chi connectivity index (χ2v) is 13.4. The molecule has 3 nitrogen and oxygen atoms in total. The smallest absolute Gasteiger partial charge is 0.306 e. The summed E-state index contributed by atoms with van der Waals surface area (Å²) in [5, 5.41) is 10.2. The molecular formula is C30H46O3. The number of hydrogen-bond acceptors (Lipinski definition) is 2. The number of carbonyl (C=O) groups is 2. The van der Waals surface area contributed by atoms with Gasteiger partial charge in [-0.15, -0.1) is 0 Å². The highest BCUT2D eigenvalue weighted by Gasteiger charge is 2.66. The number of carboxylic acid groups (broad SMARTS) is 1. The van der Waals surface area contributed by atoms with Gasteiger partial charge in [-0.05, 0) is 99.2 Å². The van der Waals surface area contributed by atoms with E-state index in [1.54, 1.807) is 5.57 Å². The number of carbonyl (C=O) groups excluding carboxylic acids is 1. The minimum atomic E-state index is -0.605. The fourth-order valence-electron chi connectivity index (χ4n) is 9.25. The van der Waals surface area contributed by atoms with Crippen LogP contribution in [-0.4, -0.2) is 16.9 Å². The molecule has 33 heavy (non-hydrogen) atoms. The molecule has 0 aromatic rings. The summed E-state index contributed by atoms with van der Waals surface area (Å²) in [5.41, 5.74) is 2.94. The topological polar surface area (TPSA) is 54.4 Å². The molecule has 1 N–H and O–H groups in total. The lowest BCUT2D eigenvalue weighted by Gasteiger charge is -2.63. The highest BCUT2D eigenvalue weighted by Crippen LogP contribution is 2.73. The van der Waals surface area contributed by atoms with Gasteiger partial charge in [0.2, 0.25) is 0 Å². The van der Waals surface area contributed by atoms with Crippen LogP contribution in [0.3, 0.4) is 0 Å². The summed E-state index contributed by atoms with van der Waals surface area (Å²) in [4.78, 5) is 25.2. The minimum absolute atomic E-state index is 0.0343. The average molecular weight is 455 g/mol. The molecule has 7 atom stereocenters. The van der Waals surface area contributed by atoms with Gasteiger partial charge in [-0.2, -0.15) is 0 Å². The van der Waals surface area contributed by atoms with E-state index >= 15 is 0 Å². The number of carboxylic acids is 1. The Labute approximate surface area is 201 Å². The van der Waals surface area contributed by atoms with Gasteiger partial charge in [0.1, 0.15) is 5.78 Å². The lowest BCUT2D eigenvalue weighted by molar-refractivity contribution is -0.149. The van der Waals surface area contributed by atoms with Crippen LogP contribution >= 0.6 is 0 Å². The van der Waals surface area contributed by atoms with Crippen molar-refractivity contribution in [2.45, 2.75) is 106 Å². The summed E-state index contributed by atoms with van der Waals surface area (Å²) in [5.74, 6) is 0.766. The van der Waals surface area contributed by atoms with Gasteiger partial charge in [-0.25, -0.2) is 0 Å². The number of hydrogen-bond donors (Lipinski definition) is 1. The van der Waals surface area contributed by atoms with Gasteiger partial charge in [0.05, 0.1) is 5.92 Å². The van der Waals surface area contributed by atoms with Crippen molar-refractivity contribution in [3.63, 3.8) is 0 Å². The predicted molar refractivity (Wildman–Crippen MR) is 134 cm³/mol. The van der Waals surface area contributed by atoms with Crippen molar-refractivity contribution in [3.8, 4) is 0 Å². The third kappa shape index (κ3) is 3.50. The van der Waals surface area contributed by atoms with Crippen molar-refractivity contribution >= 4 is 11.8 Å². The van der Waals surface area contributed by atoms with E-state index in [0.717, 1.165) is 51.4 Å². The van der Waals surface area contributed by atoms with E-state index in [2.05, 4.69) is 60.6 Å². The number of allylic oxidation sites excluding steroid dienone is 4. The Kier molecular flexibility index (Phi) is 6.07. The van der Waals surface area contributed by atoms with Crippen LogP contribution in [0.1, 0.15) is 106 Å². The van der Waals surface area contributed by atoms with Crippen molar-refractivity contribution in [2.24, 2.45) is 45.3 Å². The van der Waals surface area contributed by atoms with Crippen molar-refractivity contribution < 1.29 is 14.7 Å². The standard InChI is InChI=1S/C30H46O3/c1-19(2)9-8-10-20(26(32)33)21-13-17-30(7)23-11-12-24-27(3,4)25(31)15-16-28(24,5)22(23)14-18-29(21,30)6/h9,11,20-22,24H,8,10,12-18H2,1-7H3,(H,32,33)/t20-,21+,22-,24?,28+,29-,30+/m0/s1. The van der Waals surface area contributed by atoms with E-state index in [9.17, 15) is 14.7 Å². The van der Waals surface area contributed by atoms with Crippen molar-refractivity contribution in [2.75, 3.05) is 0 Å². The molecule has 3 fully saturated rings. The van der Waals surface area contributed by atoms with E-state index in [0.29, 0.717) is 24.0 Å². The first-order chi connectivity index (χ1) is 15.3. The first-order valence-corrected chi connectivity index (χ1v) is 13.4. The first kappa shape index (κ1) is 24.7. The fourth-order valence-corrected chi connectivity index (χ4v) is 9.25. The SMILES string of the molecule is CC(C)=CCC[C@H](C(=O)O)[C@H]1CC[C@]2(C)C3=CCC4C(C)(C)C(=O)CC[C@]4(C)[C@H]3CC[C@@]12C. The highest BCUT2D eigenvalue weighted by atomic mass is 16.4. The zero-order valence-electron chi connectivity index (χ0n) is 22.1. The zero-order valence-corrected chi connectivity index (χ0v) is 22.1. The van der Waals surface area contributed by atoms with Gasteiger partial charge in [0.15, 0.2) is 0 Å². The Bertz CT molecular complexity index is 890. The highest BCUT2D eigenvalue weighted by molar-refractivity contribution is 5.85. The molecule has 184 valence electrons. The van der Waals surface area contributed by atoms with Crippen LogP contribution in [0.2, 0.25) is 0 Å². The molecule has 0 bridgehead atoms. The van der Waals surface area contributed by atoms with E-state index in [1.807, 2.05) is 0 Å². The monoisotopic (exact) mass is 454 g/mol. The minimum Gasteiger partial charge on any atom is -0.481 e. The van der Waals surface area contributed by atoms with Gasteiger partial charge in [-0.3, -0.25) is 9.59 Å². The van der Waals surface area contributed by atoms with Gasteiger partial charge in [0.25, 0.3) is 0 Å².